The molecule has 7 heteroatoms. The molecule has 5 nitrogen and oxygen atoms in total. The first-order chi connectivity index (χ1) is 9.54. The van der Waals surface area contributed by atoms with Gasteiger partial charge < -0.3 is 5.32 Å². The number of anilines is 1. The first-order valence-electron chi connectivity index (χ1n) is 5.90. The molecule has 2 N–H and O–H groups in total. The van der Waals surface area contributed by atoms with Crippen LogP contribution in [-0.2, 0) is 7.05 Å². The topological polar surface area (TPSA) is 54.2 Å². The highest BCUT2D eigenvalue weighted by molar-refractivity contribution is 9.10. The first kappa shape index (κ1) is 14.7. The van der Waals surface area contributed by atoms with Crippen LogP contribution in [-0.4, -0.2) is 21.1 Å². The zero-order valence-corrected chi connectivity index (χ0v) is 13.5. The SMILES string of the molecule is Cc1nn(C)cc1/C=N/NC(=S)Nc1ccc(Br)cc1. The van der Waals surface area contributed by atoms with E-state index in [1.54, 1.807) is 10.9 Å². The van der Waals surface area contributed by atoms with Crippen molar-refractivity contribution >= 4 is 45.2 Å². The van der Waals surface area contributed by atoms with E-state index in [-0.39, 0.29) is 0 Å². The van der Waals surface area contributed by atoms with E-state index in [0.717, 1.165) is 21.4 Å². The van der Waals surface area contributed by atoms with Crippen molar-refractivity contribution in [3.05, 3.63) is 46.2 Å². The molecule has 0 fully saturated rings. The smallest absolute Gasteiger partial charge is 0.191 e. The van der Waals surface area contributed by atoms with Gasteiger partial charge in [-0.2, -0.15) is 10.2 Å². The van der Waals surface area contributed by atoms with Gasteiger partial charge in [-0.1, -0.05) is 15.9 Å². The van der Waals surface area contributed by atoms with Crippen LogP contribution in [0, 0.1) is 6.92 Å². The second kappa shape index (κ2) is 6.62. The lowest BCUT2D eigenvalue weighted by Crippen LogP contribution is -2.23. The van der Waals surface area contributed by atoms with Crippen molar-refractivity contribution in [3.63, 3.8) is 0 Å². The second-order valence-electron chi connectivity index (χ2n) is 4.17. The molecule has 0 spiro atoms. The Morgan fingerprint density at radius 1 is 1.40 bits per heavy atom. The monoisotopic (exact) mass is 351 g/mol. The molecule has 0 amide bonds. The number of hydrogen-bond donors (Lipinski definition) is 2. The number of nitrogens with one attached hydrogen (secondary N) is 2. The van der Waals surface area contributed by atoms with Gasteiger partial charge in [0, 0.05) is 29.0 Å². The number of thiocarbonyl (C=S) groups is 1. The summed E-state index contributed by atoms with van der Waals surface area (Å²) in [7, 11) is 1.87. The molecule has 0 bridgehead atoms. The van der Waals surface area contributed by atoms with Crippen LogP contribution in [0.1, 0.15) is 11.3 Å². The molecule has 1 aromatic carbocycles. The maximum Gasteiger partial charge on any atom is 0.191 e. The van der Waals surface area contributed by atoms with Crippen LogP contribution < -0.4 is 10.7 Å². The first-order valence-corrected chi connectivity index (χ1v) is 7.10. The lowest BCUT2D eigenvalue weighted by molar-refractivity contribution is 0.756. The maximum atomic E-state index is 5.15. The fourth-order valence-electron chi connectivity index (χ4n) is 1.60. The lowest BCUT2D eigenvalue weighted by atomic mass is 10.3. The zero-order chi connectivity index (χ0) is 14.5. The third-order valence-electron chi connectivity index (χ3n) is 2.52. The van der Waals surface area contributed by atoms with Crippen molar-refractivity contribution in [2.45, 2.75) is 6.92 Å². The molecule has 0 aliphatic carbocycles. The van der Waals surface area contributed by atoms with Crippen molar-refractivity contribution in [2.24, 2.45) is 12.1 Å². The van der Waals surface area contributed by atoms with Crippen LogP contribution in [0.15, 0.2) is 40.0 Å². The van der Waals surface area contributed by atoms with Crippen LogP contribution in [0.5, 0.6) is 0 Å². The number of hydrogen-bond acceptors (Lipinski definition) is 3. The summed E-state index contributed by atoms with van der Waals surface area (Å²) in [5.41, 5.74) is 5.54. The van der Waals surface area contributed by atoms with Crippen LogP contribution in [0.25, 0.3) is 0 Å². The van der Waals surface area contributed by atoms with Crippen LogP contribution >= 0.6 is 28.1 Å². The summed E-state index contributed by atoms with van der Waals surface area (Å²) in [6, 6.07) is 7.72. The summed E-state index contributed by atoms with van der Waals surface area (Å²) in [6.45, 7) is 1.93. The van der Waals surface area contributed by atoms with Gasteiger partial charge in [-0.15, -0.1) is 0 Å². The molecule has 0 radical (unpaired) electrons. The van der Waals surface area contributed by atoms with E-state index < -0.39 is 0 Å². The number of nitrogens with zero attached hydrogens (tertiary/aromatic N) is 3. The van der Waals surface area contributed by atoms with Gasteiger partial charge in [-0.25, -0.2) is 0 Å². The van der Waals surface area contributed by atoms with E-state index in [0.29, 0.717) is 5.11 Å². The van der Waals surface area contributed by atoms with E-state index in [9.17, 15) is 0 Å². The summed E-state index contributed by atoms with van der Waals surface area (Å²) in [6.07, 6.45) is 3.59. The second-order valence-corrected chi connectivity index (χ2v) is 5.50. The van der Waals surface area contributed by atoms with E-state index in [4.69, 9.17) is 12.2 Å². The molecule has 0 saturated carbocycles. The molecule has 1 aromatic heterocycles. The molecular formula is C13H14BrN5S. The highest BCUT2D eigenvalue weighted by Gasteiger charge is 1.99. The summed E-state index contributed by atoms with van der Waals surface area (Å²) in [5.74, 6) is 0. The van der Waals surface area contributed by atoms with Gasteiger partial charge in [0.25, 0.3) is 0 Å². The van der Waals surface area contributed by atoms with Crippen LogP contribution in [0.4, 0.5) is 5.69 Å². The Bertz CT molecular complexity index is 633. The number of aromatic nitrogens is 2. The van der Waals surface area contributed by atoms with Gasteiger partial charge in [0.1, 0.15) is 0 Å². The summed E-state index contributed by atoms with van der Waals surface area (Å²) in [5, 5.41) is 11.8. The zero-order valence-electron chi connectivity index (χ0n) is 11.1. The molecule has 0 unspecified atom stereocenters. The fraction of sp³-hybridized carbons (Fsp3) is 0.154. The Hall–Kier alpha value is -1.73. The van der Waals surface area contributed by atoms with Gasteiger partial charge in [0.05, 0.1) is 11.9 Å². The minimum absolute atomic E-state index is 0.435. The molecule has 20 heavy (non-hydrogen) atoms. The van der Waals surface area contributed by atoms with Gasteiger partial charge in [0.2, 0.25) is 0 Å². The molecule has 0 aliphatic rings. The summed E-state index contributed by atoms with van der Waals surface area (Å²) < 4.78 is 2.77. The van der Waals surface area contributed by atoms with Gasteiger partial charge >= 0.3 is 0 Å². The molecular weight excluding hydrogens is 338 g/mol. The van der Waals surface area contributed by atoms with Crippen molar-refractivity contribution in [1.29, 1.82) is 0 Å². The van der Waals surface area contributed by atoms with Crippen LogP contribution in [0.2, 0.25) is 0 Å². The predicted molar refractivity (Wildman–Crippen MR) is 89.0 cm³/mol. The standard InChI is InChI=1S/C13H14BrN5S/c1-9-10(8-19(2)18-9)7-15-17-13(20)16-12-5-3-11(14)4-6-12/h3-8H,1-2H3,(H2,16,17,20)/b15-7+. The average Bonchev–Trinajstić information content (AvgIpc) is 2.71. The van der Waals surface area contributed by atoms with Gasteiger partial charge in [-0.3, -0.25) is 10.1 Å². The molecule has 0 atom stereocenters. The Morgan fingerprint density at radius 3 is 2.70 bits per heavy atom. The minimum atomic E-state index is 0.435. The molecule has 2 rings (SSSR count). The lowest BCUT2D eigenvalue weighted by Gasteiger charge is -2.06. The molecule has 1 heterocycles. The van der Waals surface area contributed by atoms with Crippen molar-refractivity contribution in [3.8, 4) is 0 Å². The molecule has 2 aromatic rings. The highest BCUT2D eigenvalue weighted by atomic mass is 79.9. The Labute approximate surface area is 131 Å². The molecule has 0 saturated heterocycles. The Kier molecular flexibility index (Phi) is 4.86. The van der Waals surface area contributed by atoms with E-state index in [1.165, 1.54) is 0 Å². The summed E-state index contributed by atoms with van der Waals surface area (Å²) in [4.78, 5) is 0. The van der Waals surface area contributed by atoms with Gasteiger partial charge in [-0.05, 0) is 43.4 Å². The van der Waals surface area contributed by atoms with Gasteiger partial charge in [0.15, 0.2) is 5.11 Å². The quantitative estimate of drug-likeness (QED) is 0.507. The maximum absolute atomic E-state index is 5.15. The van der Waals surface area contributed by atoms with Crippen LogP contribution in [0.3, 0.4) is 0 Å². The Morgan fingerprint density at radius 2 is 2.10 bits per heavy atom. The molecule has 104 valence electrons. The van der Waals surface area contributed by atoms with E-state index in [1.807, 2.05) is 44.4 Å². The number of aryl methyl sites for hydroxylation is 2. The number of hydrazone groups is 1. The average molecular weight is 352 g/mol. The van der Waals surface area contributed by atoms with Crippen molar-refractivity contribution < 1.29 is 0 Å². The normalized spacial score (nSPS) is 10.8. The minimum Gasteiger partial charge on any atom is -0.331 e. The Balaban J connectivity index is 1.89. The third kappa shape index (κ3) is 4.14. The number of rotatable bonds is 3. The van der Waals surface area contributed by atoms with E-state index in [2.05, 4.69) is 36.9 Å². The van der Waals surface area contributed by atoms with E-state index >= 15 is 0 Å². The predicted octanol–water partition coefficient (Wildman–Crippen LogP) is 2.81. The largest absolute Gasteiger partial charge is 0.331 e. The highest BCUT2D eigenvalue weighted by Crippen LogP contribution is 2.13. The van der Waals surface area contributed by atoms with Crippen molar-refractivity contribution in [2.75, 3.05) is 5.32 Å². The van der Waals surface area contributed by atoms with Crippen molar-refractivity contribution in [1.82, 2.24) is 15.2 Å². The fourth-order valence-corrected chi connectivity index (χ4v) is 2.03. The summed E-state index contributed by atoms with van der Waals surface area (Å²) >= 11 is 8.53. The molecule has 0 aliphatic heterocycles. The number of benzene rings is 1. The number of halogens is 1. The third-order valence-corrected chi connectivity index (χ3v) is 3.25.